The molecule has 4 N–H and O–H groups in total. The molecular weight excluding hydrogens is 609 g/mol. The summed E-state index contributed by atoms with van der Waals surface area (Å²) in [5, 5.41) is 21.9. The second-order valence-corrected chi connectivity index (χ2v) is 13.7. The van der Waals surface area contributed by atoms with Crippen LogP contribution in [0, 0.1) is 11.6 Å². The Morgan fingerprint density at radius 3 is 2.64 bits per heavy atom. The lowest BCUT2D eigenvalue weighted by Crippen LogP contribution is -2.56. The predicted octanol–water partition coefficient (Wildman–Crippen LogP) is 4.36. The molecule has 248 valence electrons. The number of alkyl halides is 1. The molecule has 5 atom stereocenters. The normalized spacial score (nSPS) is 26.8. The number of aliphatic hydroxyl groups is 1. The molecule has 5 heterocycles. The number of benzene rings is 3. The zero-order valence-corrected chi connectivity index (χ0v) is 26.1. The quantitative estimate of drug-likeness (QED) is 0.257. The molecule has 4 aliphatic heterocycles. The fraction of sp³-hybridized carbons (Fsp3) is 0.486. The molecule has 3 aromatic carbocycles. The van der Waals surface area contributed by atoms with Gasteiger partial charge in [0.25, 0.3) is 0 Å². The van der Waals surface area contributed by atoms with Gasteiger partial charge in [0.1, 0.15) is 35.7 Å². The van der Waals surface area contributed by atoms with Crippen LogP contribution < -0.4 is 15.4 Å². The van der Waals surface area contributed by atoms with Crippen LogP contribution in [0.15, 0.2) is 42.5 Å². The van der Waals surface area contributed by atoms with Crippen LogP contribution in [0.5, 0.6) is 11.8 Å². The number of nitrogens with two attached hydrogens (primary N) is 1. The van der Waals surface area contributed by atoms with E-state index in [4.69, 9.17) is 15.5 Å². The summed E-state index contributed by atoms with van der Waals surface area (Å²) in [4.78, 5) is 16.1. The van der Waals surface area contributed by atoms with E-state index >= 15 is 8.78 Å². The van der Waals surface area contributed by atoms with Gasteiger partial charge in [-0.25, -0.2) is 13.2 Å². The van der Waals surface area contributed by atoms with Crippen LogP contribution in [0.1, 0.15) is 32.1 Å². The molecule has 0 saturated carbocycles. The zero-order valence-electron chi connectivity index (χ0n) is 26.1. The maximum Gasteiger partial charge on any atom is 0.319 e. The van der Waals surface area contributed by atoms with Crippen molar-refractivity contribution in [3.05, 3.63) is 54.1 Å². The SMILES string of the molecule is NC[C@H](O)CN1[C@@H]2CC[C@H]1CN(c1nc(OC[C@@]34CCCN3C[C@H](F)C4)nc3c(F)c(-c4cc(O)cc5cccc(F)c45)ccc13)C2. The number of hydrogen-bond donors (Lipinski definition) is 3. The molecule has 2 bridgehead atoms. The second-order valence-electron chi connectivity index (χ2n) is 13.7. The lowest BCUT2D eigenvalue weighted by Gasteiger charge is -2.42. The highest BCUT2D eigenvalue weighted by molar-refractivity contribution is 6.01. The van der Waals surface area contributed by atoms with Gasteiger partial charge in [-0.2, -0.15) is 9.97 Å². The molecule has 4 fully saturated rings. The Kier molecular flexibility index (Phi) is 7.66. The first kappa shape index (κ1) is 30.6. The molecule has 0 unspecified atom stereocenters. The zero-order chi connectivity index (χ0) is 32.4. The topological polar surface area (TPSA) is 111 Å². The Bertz CT molecular complexity index is 1830. The first-order chi connectivity index (χ1) is 22.7. The number of halogens is 3. The smallest absolute Gasteiger partial charge is 0.319 e. The number of aromatic nitrogens is 2. The van der Waals surface area contributed by atoms with Gasteiger partial charge in [0.05, 0.1) is 11.6 Å². The lowest BCUT2D eigenvalue weighted by molar-refractivity contribution is 0.0797. The summed E-state index contributed by atoms with van der Waals surface area (Å²) in [6.07, 6.45) is 2.53. The summed E-state index contributed by atoms with van der Waals surface area (Å²) in [6, 6.07) is 11.0. The van der Waals surface area contributed by atoms with Gasteiger partial charge in [-0.3, -0.25) is 9.80 Å². The molecule has 12 heteroatoms. The molecule has 4 aliphatic rings. The van der Waals surface area contributed by atoms with Crippen molar-refractivity contribution < 1.29 is 28.1 Å². The highest BCUT2D eigenvalue weighted by Gasteiger charge is 2.49. The van der Waals surface area contributed by atoms with E-state index < -0.39 is 29.4 Å². The second kappa shape index (κ2) is 11.8. The average Bonchev–Trinajstić information content (AvgIpc) is 3.65. The molecule has 47 heavy (non-hydrogen) atoms. The first-order valence-electron chi connectivity index (χ1n) is 16.6. The number of anilines is 1. The Balaban J connectivity index is 1.22. The summed E-state index contributed by atoms with van der Waals surface area (Å²) in [5.41, 5.74) is 5.61. The lowest BCUT2D eigenvalue weighted by atomic mass is 9.95. The number of rotatable bonds is 8. The minimum absolute atomic E-state index is 0.00682. The summed E-state index contributed by atoms with van der Waals surface area (Å²) in [7, 11) is 0. The third kappa shape index (κ3) is 5.26. The maximum atomic E-state index is 16.8. The van der Waals surface area contributed by atoms with Crippen molar-refractivity contribution in [2.75, 3.05) is 50.8 Å². The Morgan fingerprint density at radius 2 is 1.85 bits per heavy atom. The Hall–Kier alpha value is -3.71. The van der Waals surface area contributed by atoms with Gasteiger partial charge in [0.15, 0.2) is 5.82 Å². The van der Waals surface area contributed by atoms with E-state index in [0.717, 1.165) is 32.2 Å². The van der Waals surface area contributed by atoms with Crippen molar-refractivity contribution in [1.29, 1.82) is 0 Å². The van der Waals surface area contributed by atoms with Gasteiger partial charge in [-0.15, -0.1) is 0 Å². The van der Waals surface area contributed by atoms with E-state index in [9.17, 15) is 14.6 Å². The van der Waals surface area contributed by atoms with Crippen LogP contribution >= 0.6 is 0 Å². The predicted molar refractivity (Wildman–Crippen MR) is 173 cm³/mol. The van der Waals surface area contributed by atoms with Crippen molar-refractivity contribution in [3.63, 3.8) is 0 Å². The van der Waals surface area contributed by atoms with E-state index in [1.807, 2.05) is 0 Å². The van der Waals surface area contributed by atoms with E-state index in [2.05, 4.69) is 19.7 Å². The minimum Gasteiger partial charge on any atom is -0.508 e. The van der Waals surface area contributed by atoms with Crippen molar-refractivity contribution in [3.8, 4) is 22.9 Å². The fourth-order valence-electron chi connectivity index (χ4n) is 8.64. The van der Waals surface area contributed by atoms with Gasteiger partial charge >= 0.3 is 6.01 Å². The standard InChI is InChI=1S/C35H39F3N6O3/c36-21-13-35(9-2-10-43(35)15-21)19-47-34-40-32-27(33(41-34)42-16-22-5-6-23(17-42)44(22)18-25(46)14-39)8-7-26(31(32)38)28-12-24(45)11-20-3-1-4-29(37)30(20)28/h1,3-4,7-8,11-12,21-23,25,45-46H,2,5-6,9-10,13-19,39H2/t21-,22-,23+,25+,35+/m1/s1. The van der Waals surface area contributed by atoms with Gasteiger partial charge in [-0.05, 0) is 67.4 Å². The minimum atomic E-state index is -0.922. The first-order valence-corrected chi connectivity index (χ1v) is 16.6. The number of ether oxygens (including phenoxy) is 1. The van der Waals surface area contributed by atoms with Crippen LogP contribution in [-0.2, 0) is 0 Å². The number of phenolic OH excluding ortho intramolecular Hbond substituents is 1. The number of aliphatic hydroxyl groups excluding tert-OH is 1. The molecule has 9 nitrogen and oxygen atoms in total. The summed E-state index contributed by atoms with van der Waals surface area (Å²) < 4.78 is 52.8. The maximum absolute atomic E-state index is 16.8. The van der Waals surface area contributed by atoms with Crippen LogP contribution in [0.4, 0.5) is 19.0 Å². The molecule has 0 radical (unpaired) electrons. The van der Waals surface area contributed by atoms with Gasteiger partial charge in [0.2, 0.25) is 0 Å². The Labute approximate surface area is 270 Å². The van der Waals surface area contributed by atoms with Gasteiger partial charge < -0.3 is 25.6 Å². The van der Waals surface area contributed by atoms with Gasteiger partial charge in [-0.1, -0.05) is 18.2 Å². The van der Waals surface area contributed by atoms with Crippen LogP contribution in [0.2, 0.25) is 0 Å². The number of aromatic hydroxyl groups is 1. The highest BCUT2D eigenvalue weighted by atomic mass is 19.1. The fourth-order valence-corrected chi connectivity index (χ4v) is 8.64. The molecule has 0 aliphatic carbocycles. The summed E-state index contributed by atoms with van der Waals surface area (Å²) in [5.74, 6) is -0.778. The molecule has 4 saturated heterocycles. The number of fused-ring (bicyclic) bond motifs is 5. The molecule has 0 spiro atoms. The molecule has 0 amide bonds. The molecule has 4 aromatic rings. The van der Waals surface area contributed by atoms with E-state index in [0.29, 0.717) is 49.2 Å². The van der Waals surface area contributed by atoms with Crippen LogP contribution in [0.25, 0.3) is 32.8 Å². The number of hydrogen-bond acceptors (Lipinski definition) is 9. The van der Waals surface area contributed by atoms with Gasteiger partial charge in [0, 0.05) is 67.6 Å². The average molecular weight is 649 g/mol. The largest absolute Gasteiger partial charge is 0.508 e. The highest BCUT2D eigenvalue weighted by Crippen LogP contribution is 2.43. The van der Waals surface area contributed by atoms with Crippen LogP contribution in [0.3, 0.4) is 0 Å². The van der Waals surface area contributed by atoms with Crippen molar-refractivity contribution >= 4 is 27.5 Å². The third-order valence-electron chi connectivity index (χ3n) is 10.8. The Morgan fingerprint density at radius 1 is 1.04 bits per heavy atom. The van der Waals surface area contributed by atoms with Crippen molar-refractivity contribution in [2.24, 2.45) is 5.73 Å². The molecule has 1 aromatic heterocycles. The third-order valence-corrected chi connectivity index (χ3v) is 10.8. The van der Waals surface area contributed by atoms with Crippen molar-refractivity contribution in [1.82, 2.24) is 19.8 Å². The van der Waals surface area contributed by atoms with E-state index in [-0.39, 0.29) is 59.0 Å². The number of piperazine rings is 1. The summed E-state index contributed by atoms with van der Waals surface area (Å²) >= 11 is 0. The monoisotopic (exact) mass is 648 g/mol. The number of nitrogens with zero attached hydrogens (tertiary/aromatic N) is 5. The van der Waals surface area contributed by atoms with E-state index in [1.54, 1.807) is 24.3 Å². The van der Waals surface area contributed by atoms with E-state index in [1.165, 1.54) is 18.2 Å². The van der Waals surface area contributed by atoms with Crippen LogP contribution in [-0.4, -0.2) is 106 Å². The molecular formula is C35H39F3N6O3. The number of phenols is 1. The van der Waals surface area contributed by atoms with Crippen molar-refractivity contribution in [2.45, 2.75) is 62.0 Å². The molecule has 8 rings (SSSR count). The summed E-state index contributed by atoms with van der Waals surface area (Å²) in [6.45, 7) is 3.31.